The number of H-pyrrole nitrogens is 1. The van der Waals surface area contributed by atoms with Crippen LogP contribution in [0.25, 0.3) is 11.4 Å². The van der Waals surface area contributed by atoms with Gasteiger partial charge in [0, 0.05) is 11.3 Å². The summed E-state index contributed by atoms with van der Waals surface area (Å²) in [6, 6.07) is 16.0. The summed E-state index contributed by atoms with van der Waals surface area (Å²) in [4.78, 5) is 16.9. The first-order chi connectivity index (χ1) is 12.5. The highest BCUT2D eigenvalue weighted by molar-refractivity contribution is 8.00. The van der Waals surface area contributed by atoms with E-state index in [0.717, 1.165) is 23.2 Å². The first kappa shape index (κ1) is 18.2. The Morgan fingerprint density at radius 3 is 2.69 bits per heavy atom. The van der Waals surface area contributed by atoms with Gasteiger partial charge in [-0.25, -0.2) is 4.98 Å². The molecule has 3 rings (SSSR count). The molecule has 26 heavy (non-hydrogen) atoms. The number of carbonyl (C=O) groups is 1. The summed E-state index contributed by atoms with van der Waals surface area (Å²) in [5.41, 5.74) is 4.17. The number of aryl methyl sites for hydroxylation is 2. The second kappa shape index (κ2) is 8.19. The van der Waals surface area contributed by atoms with Crippen LogP contribution in [0.4, 0.5) is 5.69 Å². The van der Waals surface area contributed by atoms with Gasteiger partial charge in [0.1, 0.15) is 0 Å². The predicted molar refractivity (Wildman–Crippen MR) is 106 cm³/mol. The topological polar surface area (TPSA) is 70.7 Å². The van der Waals surface area contributed by atoms with Gasteiger partial charge >= 0.3 is 0 Å². The van der Waals surface area contributed by atoms with Gasteiger partial charge in [0.15, 0.2) is 5.82 Å². The van der Waals surface area contributed by atoms with E-state index in [1.54, 1.807) is 0 Å². The van der Waals surface area contributed by atoms with Gasteiger partial charge in [0.25, 0.3) is 0 Å². The average molecular weight is 366 g/mol. The summed E-state index contributed by atoms with van der Waals surface area (Å²) in [6.45, 7) is 5.97. The third-order valence-electron chi connectivity index (χ3n) is 4.04. The minimum absolute atomic E-state index is 0.0701. The highest BCUT2D eigenvalue weighted by Crippen LogP contribution is 2.24. The Morgan fingerprint density at radius 2 is 2.00 bits per heavy atom. The molecule has 2 N–H and O–H groups in total. The Kier molecular flexibility index (Phi) is 5.73. The van der Waals surface area contributed by atoms with E-state index in [2.05, 4.69) is 39.6 Å². The van der Waals surface area contributed by atoms with E-state index < -0.39 is 0 Å². The first-order valence-electron chi connectivity index (χ1n) is 8.61. The quantitative estimate of drug-likeness (QED) is 0.632. The van der Waals surface area contributed by atoms with Gasteiger partial charge in [-0.2, -0.15) is 0 Å². The Morgan fingerprint density at radius 1 is 1.23 bits per heavy atom. The molecule has 0 aliphatic carbocycles. The summed E-state index contributed by atoms with van der Waals surface area (Å²) in [5.74, 6) is 0.640. The summed E-state index contributed by atoms with van der Waals surface area (Å²) < 4.78 is 0. The number of carbonyl (C=O) groups excluding carboxylic acids is 1. The van der Waals surface area contributed by atoms with Crippen molar-refractivity contribution in [1.29, 1.82) is 0 Å². The van der Waals surface area contributed by atoms with E-state index in [-0.39, 0.29) is 11.2 Å². The lowest BCUT2D eigenvalue weighted by Crippen LogP contribution is -2.22. The van der Waals surface area contributed by atoms with Gasteiger partial charge in [-0.1, -0.05) is 55.1 Å². The third-order valence-corrected chi connectivity index (χ3v) is 5.00. The lowest BCUT2D eigenvalue weighted by Gasteiger charge is -2.10. The largest absolute Gasteiger partial charge is 0.325 e. The number of amides is 1. The Bertz CT molecular complexity index is 889. The summed E-state index contributed by atoms with van der Waals surface area (Å²) >= 11 is 1.33. The number of aromatic amines is 1. The SMILES string of the molecule is CCc1ccc(-c2nc(SC(C)C(=O)Nc3cccc(C)c3)n[nH]2)cc1. The van der Waals surface area contributed by atoms with Crippen molar-refractivity contribution in [2.45, 2.75) is 37.6 Å². The second-order valence-corrected chi connectivity index (χ2v) is 7.44. The molecular formula is C20H22N4OS. The normalized spacial score (nSPS) is 12.0. The monoisotopic (exact) mass is 366 g/mol. The van der Waals surface area contributed by atoms with Crippen LogP contribution in [0.15, 0.2) is 53.7 Å². The summed E-state index contributed by atoms with van der Waals surface area (Å²) in [7, 11) is 0. The minimum Gasteiger partial charge on any atom is -0.325 e. The van der Waals surface area contributed by atoms with E-state index in [4.69, 9.17) is 0 Å². The van der Waals surface area contributed by atoms with Crippen molar-refractivity contribution in [2.75, 3.05) is 5.32 Å². The van der Waals surface area contributed by atoms with Crippen LogP contribution in [0, 0.1) is 6.92 Å². The zero-order chi connectivity index (χ0) is 18.5. The fraction of sp³-hybridized carbons (Fsp3) is 0.250. The molecule has 1 atom stereocenters. The van der Waals surface area contributed by atoms with Crippen molar-refractivity contribution in [3.05, 3.63) is 59.7 Å². The van der Waals surface area contributed by atoms with Crippen LogP contribution >= 0.6 is 11.8 Å². The van der Waals surface area contributed by atoms with Crippen LogP contribution < -0.4 is 5.32 Å². The van der Waals surface area contributed by atoms with Crippen LogP contribution in [-0.4, -0.2) is 26.3 Å². The first-order valence-corrected chi connectivity index (χ1v) is 9.49. The van der Waals surface area contributed by atoms with Crippen molar-refractivity contribution < 1.29 is 4.79 Å². The van der Waals surface area contributed by atoms with E-state index >= 15 is 0 Å². The molecule has 0 radical (unpaired) electrons. The lowest BCUT2D eigenvalue weighted by molar-refractivity contribution is -0.115. The molecule has 6 heteroatoms. The number of nitrogens with zero attached hydrogens (tertiary/aromatic N) is 2. The summed E-state index contributed by atoms with van der Waals surface area (Å²) in [5, 5.41) is 10.4. The Hall–Kier alpha value is -2.60. The highest BCUT2D eigenvalue weighted by atomic mass is 32.2. The molecular weight excluding hydrogens is 344 g/mol. The molecule has 2 aromatic carbocycles. The molecule has 0 spiro atoms. The standard InChI is InChI=1S/C20H22N4OS/c1-4-15-8-10-16(11-9-15)18-22-20(24-23-18)26-14(3)19(25)21-17-7-5-6-13(2)12-17/h5-12,14H,4H2,1-3H3,(H,21,25)(H,22,23,24). The second-order valence-electron chi connectivity index (χ2n) is 6.14. The number of nitrogens with one attached hydrogen (secondary N) is 2. The lowest BCUT2D eigenvalue weighted by atomic mass is 10.1. The van der Waals surface area contributed by atoms with Gasteiger partial charge in [-0.05, 0) is 43.5 Å². The number of aromatic nitrogens is 3. The molecule has 1 aromatic heterocycles. The smallest absolute Gasteiger partial charge is 0.237 e. The zero-order valence-electron chi connectivity index (χ0n) is 15.1. The van der Waals surface area contributed by atoms with Crippen molar-refractivity contribution in [3.63, 3.8) is 0 Å². The van der Waals surface area contributed by atoms with Crippen molar-refractivity contribution >= 4 is 23.4 Å². The Labute approximate surface area is 157 Å². The molecule has 1 heterocycles. The summed E-state index contributed by atoms with van der Waals surface area (Å²) in [6.07, 6.45) is 1.01. The van der Waals surface area contributed by atoms with Gasteiger partial charge in [0.2, 0.25) is 11.1 Å². The number of rotatable bonds is 6. The maximum atomic E-state index is 12.4. The van der Waals surface area contributed by atoms with Gasteiger partial charge in [-0.15, -0.1) is 5.10 Å². The Balaban J connectivity index is 1.63. The average Bonchev–Trinajstić information content (AvgIpc) is 3.10. The predicted octanol–water partition coefficient (Wildman–Crippen LogP) is 4.46. The molecule has 3 aromatic rings. The fourth-order valence-electron chi connectivity index (χ4n) is 2.50. The molecule has 0 aliphatic rings. The molecule has 5 nitrogen and oxygen atoms in total. The molecule has 0 saturated heterocycles. The molecule has 0 fully saturated rings. The van der Waals surface area contributed by atoms with E-state index in [1.165, 1.54) is 17.3 Å². The van der Waals surface area contributed by atoms with Gasteiger partial charge < -0.3 is 5.32 Å². The van der Waals surface area contributed by atoms with E-state index in [0.29, 0.717) is 11.0 Å². The third kappa shape index (κ3) is 4.52. The molecule has 1 unspecified atom stereocenters. The minimum atomic E-state index is -0.304. The van der Waals surface area contributed by atoms with Crippen LogP contribution in [-0.2, 0) is 11.2 Å². The fourth-order valence-corrected chi connectivity index (χ4v) is 3.23. The number of hydrogen-bond donors (Lipinski definition) is 2. The van der Waals surface area contributed by atoms with Crippen molar-refractivity contribution in [3.8, 4) is 11.4 Å². The zero-order valence-corrected chi connectivity index (χ0v) is 15.9. The van der Waals surface area contributed by atoms with Crippen LogP contribution in [0.2, 0.25) is 0 Å². The van der Waals surface area contributed by atoms with Crippen molar-refractivity contribution in [1.82, 2.24) is 15.2 Å². The molecule has 0 bridgehead atoms. The number of hydrogen-bond acceptors (Lipinski definition) is 4. The number of anilines is 1. The maximum absolute atomic E-state index is 12.4. The molecule has 1 amide bonds. The van der Waals surface area contributed by atoms with Crippen LogP contribution in [0.3, 0.4) is 0 Å². The maximum Gasteiger partial charge on any atom is 0.237 e. The molecule has 0 saturated carbocycles. The van der Waals surface area contributed by atoms with Crippen LogP contribution in [0.1, 0.15) is 25.0 Å². The van der Waals surface area contributed by atoms with E-state index in [9.17, 15) is 4.79 Å². The highest BCUT2D eigenvalue weighted by Gasteiger charge is 2.17. The number of benzene rings is 2. The molecule has 0 aliphatic heterocycles. The van der Waals surface area contributed by atoms with Gasteiger partial charge in [0.05, 0.1) is 5.25 Å². The number of thioether (sulfide) groups is 1. The van der Waals surface area contributed by atoms with Gasteiger partial charge in [-0.3, -0.25) is 9.89 Å². The van der Waals surface area contributed by atoms with Crippen LogP contribution in [0.5, 0.6) is 0 Å². The van der Waals surface area contributed by atoms with Crippen molar-refractivity contribution in [2.24, 2.45) is 0 Å². The molecule has 134 valence electrons. The van der Waals surface area contributed by atoms with E-state index in [1.807, 2.05) is 50.2 Å².